The number of nitrogens with zero attached hydrogens (tertiary/aromatic N) is 1. The van der Waals surface area contributed by atoms with Crippen molar-refractivity contribution in [2.75, 3.05) is 31.6 Å². The molecule has 2 N–H and O–H groups in total. The standard InChI is InChI=1S/C20H33N3O2S/c1-5-21-18(22-15-19(2,3)13-14-26(4,24)25)23-16-20(11-12-20)17-9-7-6-8-10-17/h6-10H,5,11-16H2,1-4H3,(H2,21,22,23). The maximum absolute atomic E-state index is 11.4. The zero-order chi connectivity index (χ0) is 19.3. The molecule has 26 heavy (non-hydrogen) atoms. The Balaban J connectivity index is 1.94. The highest BCUT2D eigenvalue weighted by Crippen LogP contribution is 2.47. The van der Waals surface area contributed by atoms with E-state index in [1.54, 1.807) is 0 Å². The van der Waals surface area contributed by atoms with Gasteiger partial charge in [-0.05, 0) is 37.2 Å². The summed E-state index contributed by atoms with van der Waals surface area (Å²) in [6.45, 7) is 8.45. The molecule has 2 rings (SSSR count). The molecule has 0 unspecified atom stereocenters. The molecule has 1 aromatic carbocycles. The van der Waals surface area contributed by atoms with Crippen molar-refractivity contribution in [2.24, 2.45) is 10.4 Å². The van der Waals surface area contributed by atoms with Gasteiger partial charge in [-0.25, -0.2) is 8.42 Å². The van der Waals surface area contributed by atoms with Crippen LogP contribution in [0.2, 0.25) is 0 Å². The lowest BCUT2D eigenvalue weighted by atomic mass is 9.90. The first-order valence-corrected chi connectivity index (χ1v) is 11.5. The predicted molar refractivity (Wildman–Crippen MR) is 109 cm³/mol. The van der Waals surface area contributed by atoms with Crippen LogP contribution in [-0.2, 0) is 15.3 Å². The van der Waals surface area contributed by atoms with Gasteiger partial charge in [0.25, 0.3) is 0 Å². The van der Waals surface area contributed by atoms with Gasteiger partial charge in [-0.1, -0.05) is 44.2 Å². The minimum Gasteiger partial charge on any atom is -0.357 e. The molecule has 0 saturated heterocycles. The zero-order valence-electron chi connectivity index (χ0n) is 16.5. The maximum atomic E-state index is 11.4. The minimum atomic E-state index is -2.94. The number of aliphatic imine (C=N–C) groups is 1. The summed E-state index contributed by atoms with van der Waals surface area (Å²) in [5, 5.41) is 6.79. The van der Waals surface area contributed by atoms with Gasteiger partial charge in [-0.3, -0.25) is 4.99 Å². The summed E-state index contributed by atoms with van der Waals surface area (Å²) in [5.41, 5.74) is 1.46. The molecule has 0 amide bonds. The normalized spacial score (nSPS) is 17.0. The largest absolute Gasteiger partial charge is 0.357 e. The van der Waals surface area contributed by atoms with E-state index < -0.39 is 9.84 Å². The Morgan fingerprint density at radius 2 is 1.85 bits per heavy atom. The van der Waals surface area contributed by atoms with Crippen LogP contribution in [0.5, 0.6) is 0 Å². The SMILES string of the molecule is CCNC(=NCC(C)(C)CCS(C)(=O)=O)NCC1(c2ccccc2)CC1. The Kier molecular flexibility index (Phi) is 6.72. The summed E-state index contributed by atoms with van der Waals surface area (Å²) in [6, 6.07) is 10.6. The molecule has 1 fully saturated rings. The number of rotatable bonds is 9. The second-order valence-electron chi connectivity index (χ2n) is 8.24. The van der Waals surface area contributed by atoms with Crippen molar-refractivity contribution in [3.05, 3.63) is 35.9 Å². The highest BCUT2D eigenvalue weighted by atomic mass is 32.2. The van der Waals surface area contributed by atoms with E-state index >= 15 is 0 Å². The smallest absolute Gasteiger partial charge is 0.191 e. The van der Waals surface area contributed by atoms with Gasteiger partial charge in [0.2, 0.25) is 0 Å². The Morgan fingerprint density at radius 1 is 1.19 bits per heavy atom. The Labute approximate surface area is 158 Å². The third-order valence-corrected chi connectivity index (χ3v) is 5.94. The highest BCUT2D eigenvalue weighted by Gasteiger charge is 2.44. The Bertz CT molecular complexity index is 708. The van der Waals surface area contributed by atoms with Gasteiger partial charge in [0.15, 0.2) is 5.96 Å². The zero-order valence-corrected chi connectivity index (χ0v) is 17.3. The van der Waals surface area contributed by atoms with Crippen molar-refractivity contribution >= 4 is 15.8 Å². The third kappa shape index (κ3) is 6.63. The molecular weight excluding hydrogens is 346 g/mol. The molecule has 0 radical (unpaired) electrons. The Hall–Kier alpha value is -1.56. The minimum absolute atomic E-state index is 0.151. The number of sulfone groups is 1. The molecule has 0 aliphatic heterocycles. The van der Waals surface area contributed by atoms with E-state index in [-0.39, 0.29) is 16.6 Å². The molecule has 0 aromatic heterocycles. The molecule has 1 aliphatic carbocycles. The summed E-state index contributed by atoms with van der Waals surface area (Å²) in [7, 11) is -2.94. The first-order chi connectivity index (χ1) is 12.2. The molecule has 5 nitrogen and oxygen atoms in total. The van der Waals surface area contributed by atoms with E-state index in [1.165, 1.54) is 24.7 Å². The van der Waals surface area contributed by atoms with Crippen LogP contribution in [-0.4, -0.2) is 46.0 Å². The topological polar surface area (TPSA) is 70.6 Å². The van der Waals surface area contributed by atoms with Crippen molar-refractivity contribution in [1.29, 1.82) is 0 Å². The molecule has 0 heterocycles. The van der Waals surface area contributed by atoms with Crippen LogP contribution in [0.3, 0.4) is 0 Å². The lowest BCUT2D eigenvalue weighted by Crippen LogP contribution is -2.42. The van der Waals surface area contributed by atoms with Crippen LogP contribution < -0.4 is 10.6 Å². The van der Waals surface area contributed by atoms with Gasteiger partial charge in [-0.2, -0.15) is 0 Å². The fraction of sp³-hybridized carbons (Fsp3) is 0.650. The summed E-state index contributed by atoms with van der Waals surface area (Å²) >= 11 is 0. The molecule has 1 aliphatic rings. The summed E-state index contributed by atoms with van der Waals surface area (Å²) in [5.74, 6) is 1.01. The number of hydrogen-bond acceptors (Lipinski definition) is 3. The van der Waals surface area contributed by atoms with Gasteiger partial charge < -0.3 is 10.6 Å². The van der Waals surface area contributed by atoms with Gasteiger partial charge in [-0.15, -0.1) is 0 Å². The monoisotopic (exact) mass is 379 g/mol. The number of nitrogens with one attached hydrogen (secondary N) is 2. The Morgan fingerprint density at radius 3 is 2.38 bits per heavy atom. The average molecular weight is 380 g/mol. The fourth-order valence-electron chi connectivity index (χ4n) is 2.94. The van der Waals surface area contributed by atoms with Crippen LogP contribution >= 0.6 is 0 Å². The molecule has 6 heteroatoms. The van der Waals surface area contributed by atoms with E-state index in [2.05, 4.69) is 61.7 Å². The first-order valence-electron chi connectivity index (χ1n) is 9.41. The number of hydrogen-bond donors (Lipinski definition) is 2. The van der Waals surface area contributed by atoms with Crippen LogP contribution in [0, 0.1) is 5.41 Å². The lowest BCUT2D eigenvalue weighted by molar-refractivity contribution is 0.365. The maximum Gasteiger partial charge on any atom is 0.191 e. The van der Waals surface area contributed by atoms with Crippen molar-refractivity contribution in [3.63, 3.8) is 0 Å². The predicted octanol–water partition coefficient (Wildman–Crippen LogP) is 2.73. The molecular formula is C20H33N3O2S. The molecule has 1 aromatic rings. The quantitative estimate of drug-likeness (QED) is 0.511. The van der Waals surface area contributed by atoms with Gasteiger partial charge in [0.05, 0.1) is 5.75 Å². The molecule has 0 spiro atoms. The van der Waals surface area contributed by atoms with Crippen LogP contribution in [0.15, 0.2) is 35.3 Å². The fourth-order valence-corrected chi connectivity index (χ4v) is 3.86. The summed E-state index contributed by atoms with van der Waals surface area (Å²) in [6.07, 6.45) is 4.30. The van der Waals surface area contributed by atoms with Crippen molar-refractivity contribution < 1.29 is 8.42 Å². The average Bonchev–Trinajstić information content (AvgIpc) is 3.37. The molecule has 0 atom stereocenters. The van der Waals surface area contributed by atoms with E-state index in [9.17, 15) is 8.42 Å². The van der Waals surface area contributed by atoms with E-state index in [0.29, 0.717) is 13.0 Å². The molecule has 146 valence electrons. The van der Waals surface area contributed by atoms with Gasteiger partial charge >= 0.3 is 0 Å². The molecule has 0 bridgehead atoms. The lowest BCUT2D eigenvalue weighted by Gasteiger charge is -2.23. The first kappa shape index (κ1) is 20.7. The second kappa shape index (κ2) is 8.42. The van der Waals surface area contributed by atoms with Gasteiger partial charge in [0.1, 0.15) is 9.84 Å². The van der Waals surface area contributed by atoms with Gasteiger partial charge in [0, 0.05) is 31.3 Å². The van der Waals surface area contributed by atoms with Crippen molar-refractivity contribution in [2.45, 2.75) is 45.4 Å². The second-order valence-corrected chi connectivity index (χ2v) is 10.5. The third-order valence-electron chi connectivity index (χ3n) is 4.99. The number of guanidine groups is 1. The molecule has 1 saturated carbocycles. The number of benzene rings is 1. The summed E-state index contributed by atoms with van der Waals surface area (Å²) < 4.78 is 22.8. The van der Waals surface area contributed by atoms with Crippen molar-refractivity contribution in [3.8, 4) is 0 Å². The van der Waals surface area contributed by atoms with E-state index in [1.807, 2.05) is 0 Å². The van der Waals surface area contributed by atoms with Crippen LogP contribution in [0.1, 0.15) is 45.6 Å². The summed E-state index contributed by atoms with van der Waals surface area (Å²) in [4.78, 5) is 4.71. The van der Waals surface area contributed by atoms with Crippen LogP contribution in [0.4, 0.5) is 0 Å². The highest BCUT2D eigenvalue weighted by molar-refractivity contribution is 7.90. The van der Waals surface area contributed by atoms with Crippen LogP contribution in [0.25, 0.3) is 0 Å². The van der Waals surface area contributed by atoms with E-state index in [0.717, 1.165) is 19.0 Å². The van der Waals surface area contributed by atoms with Crippen molar-refractivity contribution in [1.82, 2.24) is 10.6 Å². The van der Waals surface area contributed by atoms with E-state index in [4.69, 9.17) is 4.99 Å².